The molecule has 1 amide bonds. The first-order valence-corrected chi connectivity index (χ1v) is 9.36. The summed E-state index contributed by atoms with van der Waals surface area (Å²) in [7, 11) is 0. The Kier molecular flexibility index (Phi) is 5.40. The zero-order valence-corrected chi connectivity index (χ0v) is 16.3. The van der Waals surface area contributed by atoms with E-state index >= 15 is 0 Å². The van der Waals surface area contributed by atoms with Crippen LogP contribution in [0.4, 0.5) is 17.1 Å². The van der Waals surface area contributed by atoms with Gasteiger partial charge in [-0.15, -0.1) is 0 Å². The number of carbonyl (C=O) groups excluding carboxylic acids is 1. The highest BCUT2D eigenvalue weighted by molar-refractivity contribution is 6.31. The molecule has 3 aromatic rings. The Morgan fingerprint density at radius 2 is 1.87 bits per heavy atom. The molecule has 2 N–H and O–H groups in total. The van der Waals surface area contributed by atoms with E-state index in [0.29, 0.717) is 34.4 Å². The van der Waals surface area contributed by atoms with E-state index in [-0.39, 0.29) is 18.0 Å². The van der Waals surface area contributed by atoms with Gasteiger partial charge < -0.3 is 20.1 Å². The standard InChI is InChI=1S/C21H16ClN3O5/c22-16-4-2-1-3-14(16)11-23-17-7-5-13(9-18(17)25(27)28)21(26)24-15-6-8-19-20(10-15)30-12-29-19/h1-10,23H,11-12H2,(H,24,26). The molecule has 0 bridgehead atoms. The van der Waals surface area contributed by atoms with Gasteiger partial charge in [0.1, 0.15) is 5.69 Å². The Labute approximate surface area is 176 Å². The zero-order chi connectivity index (χ0) is 21.1. The van der Waals surface area contributed by atoms with Crippen molar-refractivity contribution in [1.29, 1.82) is 0 Å². The molecule has 0 aliphatic carbocycles. The number of ether oxygens (including phenoxy) is 2. The van der Waals surface area contributed by atoms with Crippen LogP contribution in [0.1, 0.15) is 15.9 Å². The van der Waals surface area contributed by atoms with E-state index in [1.165, 1.54) is 18.2 Å². The summed E-state index contributed by atoms with van der Waals surface area (Å²) < 4.78 is 10.5. The number of anilines is 2. The Morgan fingerprint density at radius 3 is 2.67 bits per heavy atom. The number of hydrogen-bond donors (Lipinski definition) is 2. The molecule has 0 saturated heterocycles. The number of hydrogen-bond acceptors (Lipinski definition) is 6. The highest BCUT2D eigenvalue weighted by Crippen LogP contribution is 2.34. The summed E-state index contributed by atoms with van der Waals surface area (Å²) in [5.41, 5.74) is 1.54. The lowest BCUT2D eigenvalue weighted by Crippen LogP contribution is -2.13. The number of nitrogens with zero attached hydrogens (tertiary/aromatic N) is 1. The minimum atomic E-state index is -0.535. The van der Waals surface area contributed by atoms with Crippen molar-refractivity contribution in [2.24, 2.45) is 0 Å². The molecule has 1 heterocycles. The summed E-state index contributed by atoms with van der Waals surface area (Å²) in [6.45, 7) is 0.435. The van der Waals surface area contributed by atoms with Crippen LogP contribution < -0.4 is 20.1 Å². The minimum absolute atomic E-state index is 0.127. The van der Waals surface area contributed by atoms with Crippen molar-refractivity contribution in [2.45, 2.75) is 6.54 Å². The number of nitrogens with one attached hydrogen (secondary N) is 2. The zero-order valence-electron chi connectivity index (χ0n) is 15.6. The Morgan fingerprint density at radius 1 is 1.07 bits per heavy atom. The van der Waals surface area contributed by atoms with E-state index in [0.717, 1.165) is 5.56 Å². The van der Waals surface area contributed by atoms with Gasteiger partial charge in [0.25, 0.3) is 11.6 Å². The summed E-state index contributed by atoms with van der Waals surface area (Å²) in [5.74, 6) is 0.644. The highest BCUT2D eigenvalue weighted by Gasteiger charge is 2.19. The molecule has 152 valence electrons. The van der Waals surface area contributed by atoms with E-state index in [1.807, 2.05) is 18.2 Å². The van der Waals surface area contributed by atoms with Gasteiger partial charge in [0.05, 0.1) is 4.92 Å². The molecule has 1 aliphatic rings. The average Bonchev–Trinajstić information content (AvgIpc) is 3.21. The van der Waals surface area contributed by atoms with Crippen molar-refractivity contribution < 1.29 is 19.2 Å². The summed E-state index contributed by atoms with van der Waals surface area (Å²) in [6.07, 6.45) is 0. The molecular weight excluding hydrogens is 410 g/mol. The number of nitro groups is 1. The highest BCUT2D eigenvalue weighted by atomic mass is 35.5. The summed E-state index contributed by atoms with van der Waals surface area (Å²) in [4.78, 5) is 23.6. The second-order valence-corrected chi connectivity index (χ2v) is 6.86. The van der Waals surface area contributed by atoms with Crippen molar-refractivity contribution in [1.82, 2.24) is 0 Å². The number of fused-ring (bicyclic) bond motifs is 1. The van der Waals surface area contributed by atoms with Crippen LogP contribution in [0.2, 0.25) is 5.02 Å². The number of benzene rings is 3. The first-order chi connectivity index (χ1) is 14.5. The maximum Gasteiger partial charge on any atom is 0.293 e. The molecule has 9 heteroatoms. The van der Waals surface area contributed by atoms with Gasteiger partial charge in [0.2, 0.25) is 6.79 Å². The van der Waals surface area contributed by atoms with Gasteiger partial charge in [-0.1, -0.05) is 29.8 Å². The third kappa shape index (κ3) is 4.13. The third-order valence-electron chi connectivity index (χ3n) is 4.51. The van der Waals surface area contributed by atoms with Crippen LogP contribution in [0.5, 0.6) is 11.5 Å². The van der Waals surface area contributed by atoms with Gasteiger partial charge in [0.15, 0.2) is 11.5 Å². The number of carbonyl (C=O) groups is 1. The molecule has 0 saturated carbocycles. The Hall–Kier alpha value is -3.78. The fourth-order valence-corrected chi connectivity index (χ4v) is 3.19. The summed E-state index contributed by atoms with van der Waals surface area (Å²) >= 11 is 6.13. The van der Waals surface area contributed by atoms with Gasteiger partial charge in [-0.05, 0) is 35.9 Å². The first kappa shape index (κ1) is 19.5. The van der Waals surface area contributed by atoms with Crippen LogP contribution in [-0.4, -0.2) is 17.6 Å². The molecule has 0 unspecified atom stereocenters. The van der Waals surface area contributed by atoms with Crippen molar-refractivity contribution in [2.75, 3.05) is 17.4 Å². The maximum atomic E-state index is 12.6. The quantitative estimate of drug-likeness (QED) is 0.432. The monoisotopic (exact) mass is 425 g/mol. The largest absolute Gasteiger partial charge is 0.454 e. The van der Waals surface area contributed by atoms with Crippen molar-refractivity contribution >= 4 is 34.6 Å². The van der Waals surface area contributed by atoms with Gasteiger partial charge in [-0.25, -0.2) is 0 Å². The lowest BCUT2D eigenvalue weighted by Gasteiger charge is -2.10. The Balaban J connectivity index is 1.51. The van der Waals surface area contributed by atoms with Gasteiger partial charge >= 0.3 is 0 Å². The minimum Gasteiger partial charge on any atom is -0.454 e. The fourth-order valence-electron chi connectivity index (χ4n) is 2.98. The van der Waals surface area contributed by atoms with Crippen molar-refractivity contribution in [3.63, 3.8) is 0 Å². The number of amides is 1. The van der Waals surface area contributed by atoms with E-state index in [9.17, 15) is 14.9 Å². The second-order valence-electron chi connectivity index (χ2n) is 6.46. The predicted molar refractivity (Wildman–Crippen MR) is 112 cm³/mol. The molecule has 8 nitrogen and oxygen atoms in total. The number of halogens is 1. The van der Waals surface area contributed by atoms with Crippen molar-refractivity contribution in [3.8, 4) is 11.5 Å². The molecule has 0 atom stereocenters. The third-order valence-corrected chi connectivity index (χ3v) is 4.88. The van der Waals surface area contributed by atoms with Crippen LogP contribution in [-0.2, 0) is 6.54 Å². The van der Waals surface area contributed by atoms with Crippen LogP contribution in [0, 0.1) is 10.1 Å². The molecule has 0 fully saturated rings. The number of rotatable bonds is 6. The molecule has 0 radical (unpaired) electrons. The van der Waals surface area contributed by atoms with Crippen LogP contribution in [0.3, 0.4) is 0 Å². The SMILES string of the molecule is O=C(Nc1ccc2c(c1)OCO2)c1ccc(NCc2ccccc2Cl)c([N+](=O)[O-])c1. The smallest absolute Gasteiger partial charge is 0.293 e. The number of nitro benzene ring substituents is 1. The van der Waals surface area contributed by atoms with Gasteiger partial charge in [-0.3, -0.25) is 14.9 Å². The summed E-state index contributed by atoms with van der Waals surface area (Å²) in [6, 6.07) is 16.5. The van der Waals surface area contributed by atoms with Gasteiger partial charge in [-0.2, -0.15) is 0 Å². The van der Waals surface area contributed by atoms with Crippen LogP contribution in [0.15, 0.2) is 60.7 Å². The van der Waals surface area contributed by atoms with E-state index < -0.39 is 10.8 Å². The van der Waals surface area contributed by atoms with E-state index in [2.05, 4.69) is 10.6 Å². The summed E-state index contributed by atoms with van der Waals surface area (Å²) in [5, 5.41) is 17.8. The average molecular weight is 426 g/mol. The maximum absolute atomic E-state index is 12.6. The predicted octanol–water partition coefficient (Wildman–Crippen LogP) is 4.84. The molecule has 1 aliphatic heterocycles. The molecule has 30 heavy (non-hydrogen) atoms. The van der Waals surface area contributed by atoms with Crippen LogP contribution in [0.25, 0.3) is 0 Å². The molecule has 0 spiro atoms. The lowest BCUT2D eigenvalue weighted by atomic mass is 10.1. The normalized spacial score (nSPS) is 11.8. The van der Waals surface area contributed by atoms with E-state index in [1.54, 1.807) is 24.3 Å². The fraction of sp³-hybridized carbons (Fsp3) is 0.0952. The van der Waals surface area contributed by atoms with E-state index in [4.69, 9.17) is 21.1 Å². The van der Waals surface area contributed by atoms with Gasteiger partial charge in [0, 0.05) is 35.0 Å². The second kappa shape index (κ2) is 8.30. The van der Waals surface area contributed by atoms with Crippen molar-refractivity contribution in [3.05, 3.63) is 86.9 Å². The first-order valence-electron chi connectivity index (χ1n) is 8.98. The van der Waals surface area contributed by atoms with Crippen LogP contribution >= 0.6 is 11.6 Å². The topological polar surface area (TPSA) is 103 Å². The molecule has 4 rings (SSSR count). The Bertz CT molecular complexity index is 1140. The molecule has 0 aromatic heterocycles. The molecular formula is C21H16ClN3O5. The lowest BCUT2D eigenvalue weighted by molar-refractivity contribution is -0.384. The molecule has 3 aromatic carbocycles.